The lowest BCUT2D eigenvalue weighted by molar-refractivity contribution is -0.138. The molecule has 41 heavy (non-hydrogen) atoms. The molecule has 1 heterocycles. The molecule has 0 radical (unpaired) electrons. The summed E-state index contributed by atoms with van der Waals surface area (Å²) in [4.78, 5) is 13.6. The second-order valence-electron chi connectivity index (χ2n) is 10.8. The predicted molar refractivity (Wildman–Crippen MR) is 144 cm³/mol. The number of hydrogen-bond acceptors (Lipinski definition) is 2. The summed E-state index contributed by atoms with van der Waals surface area (Å²) in [6.45, 7) is 1.86. The number of allylic oxidation sites excluding steroid dienone is 1. The van der Waals surface area contributed by atoms with Crippen molar-refractivity contribution < 1.29 is 36.2 Å². The van der Waals surface area contributed by atoms with Crippen LogP contribution in [0, 0.1) is 11.7 Å². The number of nitrogens with zero attached hydrogens (tertiary/aromatic N) is 1. The van der Waals surface area contributed by atoms with Crippen LogP contribution >= 0.6 is 0 Å². The number of benzene rings is 3. The third-order valence-electron chi connectivity index (χ3n) is 7.87. The number of rotatable bonds is 8. The predicted octanol–water partition coefficient (Wildman–Crippen LogP) is 7.97. The van der Waals surface area contributed by atoms with Gasteiger partial charge in [0.1, 0.15) is 5.82 Å². The fraction of sp³-hybridized carbons (Fsp3) is 0.344. The fourth-order valence-electron chi connectivity index (χ4n) is 5.94. The zero-order valence-corrected chi connectivity index (χ0v) is 22.2. The first-order valence-electron chi connectivity index (χ1n) is 13.6. The Balaban J connectivity index is 1.54. The van der Waals surface area contributed by atoms with Crippen molar-refractivity contribution in [2.45, 2.75) is 44.7 Å². The van der Waals surface area contributed by atoms with E-state index in [4.69, 9.17) is 0 Å². The molecule has 3 aromatic carbocycles. The molecule has 216 valence electrons. The molecule has 9 heteroatoms. The molecule has 0 bridgehead atoms. The van der Waals surface area contributed by atoms with Gasteiger partial charge in [0.2, 0.25) is 6.43 Å². The highest BCUT2D eigenvalue weighted by molar-refractivity contribution is 6.01. The number of aromatic carboxylic acids is 1. The second kappa shape index (κ2) is 11.7. The SMILES string of the molecule is O=C(O)c1ccc2c(c1)CCCC(c1ccc(F)cc1C(F)(F)F)=C2c1ccc(CC2CN(CCC(F)F)C2)cc1. The van der Waals surface area contributed by atoms with Gasteiger partial charge in [0.25, 0.3) is 0 Å². The lowest BCUT2D eigenvalue weighted by Crippen LogP contribution is -2.48. The van der Waals surface area contributed by atoms with Crippen LogP contribution in [0.1, 0.15) is 63.0 Å². The lowest BCUT2D eigenvalue weighted by Gasteiger charge is -2.39. The average molecular weight is 574 g/mol. The minimum Gasteiger partial charge on any atom is -0.478 e. The number of fused-ring (bicyclic) bond motifs is 1. The molecule has 0 aromatic heterocycles. The topological polar surface area (TPSA) is 40.5 Å². The van der Waals surface area contributed by atoms with Crippen LogP contribution in [0.5, 0.6) is 0 Å². The van der Waals surface area contributed by atoms with Gasteiger partial charge in [-0.05, 0) is 94.8 Å². The summed E-state index contributed by atoms with van der Waals surface area (Å²) in [6, 6.07) is 14.9. The summed E-state index contributed by atoms with van der Waals surface area (Å²) in [5.41, 5.74) is 3.06. The quantitative estimate of drug-likeness (QED) is 0.278. The first kappa shape index (κ1) is 28.9. The van der Waals surface area contributed by atoms with Gasteiger partial charge in [-0.1, -0.05) is 36.4 Å². The Hall–Kier alpha value is -3.59. The number of carbonyl (C=O) groups is 1. The first-order chi connectivity index (χ1) is 19.5. The maximum atomic E-state index is 14.1. The van der Waals surface area contributed by atoms with Gasteiger partial charge in [-0.25, -0.2) is 18.0 Å². The number of alkyl halides is 5. The Labute approximate surface area is 234 Å². The molecule has 1 saturated heterocycles. The van der Waals surface area contributed by atoms with Crippen molar-refractivity contribution in [1.29, 1.82) is 0 Å². The Kier molecular flexibility index (Phi) is 8.27. The second-order valence-corrected chi connectivity index (χ2v) is 10.8. The lowest BCUT2D eigenvalue weighted by atomic mass is 9.85. The smallest absolute Gasteiger partial charge is 0.417 e. The third-order valence-corrected chi connectivity index (χ3v) is 7.87. The van der Waals surface area contributed by atoms with Crippen LogP contribution in [0.4, 0.5) is 26.3 Å². The molecule has 1 N–H and O–H groups in total. The Morgan fingerprint density at radius 3 is 2.32 bits per heavy atom. The normalized spacial score (nSPS) is 16.5. The van der Waals surface area contributed by atoms with E-state index in [2.05, 4.69) is 0 Å². The molecule has 1 aliphatic heterocycles. The number of halogens is 6. The van der Waals surface area contributed by atoms with Crippen molar-refractivity contribution in [3.8, 4) is 0 Å². The fourth-order valence-corrected chi connectivity index (χ4v) is 5.94. The summed E-state index contributed by atoms with van der Waals surface area (Å²) < 4.78 is 81.2. The van der Waals surface area contributed by atoms with Gasteiger partial charge in [-0.3, -0.25) is 0 Å². The van der Waals surface area contributed by atoms with E-state index in [1.54, 1.807) is 12.1 Å². The monoisotopic (exact) mass is 573 g/mol. The molecular weight excluding hydrogens is 544 g/mol. The Bertz CT molecular complexity index is 1460. The molecule has 0 unspecified atom stereocenters. The van der Waals surface area contributed by atoms with E-state index in [1.165, 1.54) is 12.1 Å². The molecule has 5 rings (SSSR count). The zero-order chi connectivity index (χ0) is 29.3. The molecule has 0 atom stereocenters. The van der Waals surface area contributed by atoms with Crippen molar-refractivity contribution >= 4 is 17.1 Å². The highest BCUT2D eigenvalue weighted by atomic mass is 19.4. The maximum Gasteiger partial charge on any atom is 0.417 e. The van der Waals surface area contributed by atoms with Gasteiger partial charge in [0.15, 0.2) is 0 Å². The maximum absolute atomic E-state index is 14.1. The Morgan fingerprint density at radius 1 is 0.951 bits per heavy atom. The number of hydrogen-bond donors (Lipinski definition) is 1. The van der Waals surface area contributed by atoms with Gasteiger partial charge >= 0.3 is 12.1 Å². The molecular formula is C32H29F6NO2. The van der Waals surface area contributed by atoms with Crippen LogP contribution in [0.15, 0.2) is 60.7 Å². The Morgan fingerprint density at radius 2 is 1.66 bits per heavy atom. The molecule has 1 aliphatic carbocycles. The summed E-state index contributed by atoms with van der Waals surface area (Å²) in [5.74, 6) is -1.72. The van der Waals surface area contributed by atoms with E-state index in [9.17, 15) is 36.2 Å². The van der Waals surface area contributed by atoms with Crippen molar-refractivity contribution in [3.63, 3.8) is 0 Å². The van der Waals surface area contributed by atoms with E-state index < -0.39 is 30.0 Å². The minimum absolute atomic E-state index is 0.0912. The number of likely N-dealkylation sites (tertiary alicyclic amines) is 1. The van der Waals surface area contributed by atoms with Crippen LogP contribution in [0.3, 0.4) is 0 Å². The standard InChI is InChI=1S/C32H29F6NO2/c33-24-9-11-26(28(16-24)32(36,37)38)27-3-1-2-22-15-23(31(40)41)8-10-25(22)30(27)21-6-4-19(5-7-21)14-20-17-39(18-20)13-12-29(34)35/h4-11,15-16,20,29H,1-3,12-14,17-18H2,(H,40,41). The van der Waals surface area contributed by atoms with Crippen molar-refractivity contribution in [3.05, 3.63) is 105 Å². The van der Waals surface area contributed by atoms with E-state index in [-0.39, 0.29) is 17.5 Å². The van der Waals surface area contributed by atoms with Gasteiger partial charge < -0.3 is 10.0 Å². The van der Waals surface area contributed by atoms with Gasteiger partial charge in [-0.15, -0.1) is 0 Å². The minimum atomic E-state index is -4.77. The van der Waals surface area contributed by atoms with Crippen molar-refractivity contribution in [2.24, 2.45) is 5.92 Å². The molecule has 3 aromatic rings. The third kappa shape index (κ3) is 6.50. The number of carboxylic acid groups (broad SMARTS) is 1. The highest BCUT2D eigenvalue weighted by Gasteiger charge is 2.36. The number of aryl methyl sites for hydroxylation is 1. The van der Waals surface area contributed by atoms with Crippen LogP contribution < -0.4 is 0 Å². The molecule has 1 fully saturated rings. The van der Waals surface area contributed by atoms with E-state index in [1.807, 2.05) is 29.2 Å². The average Bonchev–Trinajstić information content (AvgIpc) is 3.08. The molecule has 0 saturated carbocycles. The van der Waals surface area contributed by atoms with Crippen LogP contribution in [0.25, 0.3) is 11.1 Å². The molecule has 3 nitrogen and oxygen atoms in total. The summed E-state index contributed by atoms with van der Waals surface area (Å²) in [6.07, 6.45) is -5.20. The van der Waals surface area contributed by atoms with Crippen molar-refractivity contribution in [2.75, 3.05) is 19.6 Å². The number of carboxylic acids is 1. The van der Waals surface area contributed by atoms with Crippen LogP contribution in [-0.2, 0) is 19.0 Å². The molecule has 2 aliphatic rings. The van der Waals surface area contributed by atoms with Gasteiger partial charge in [-0.2, -0.15) is 13.2 Å². The van der Waals surface area contributed by atoms with E-state index >= 15 is 0 Å². The van der Waals surface area contributed by atoms with Crippen LogP contribution in [-0.4, -0.2) is 42.0 Å². The van der Waals surface area contributed by atoms with E-state index in [0.717, 1.165) is 36.7 Å². The largest absolute Gasteiger partial charge is 0.478 e. The van der Waals surface area contributed by atoms with Crippen molar-refractivity contribution in [1.82, 2.24) is 4.90 Å². The summed E-state index contributed by atoms with van der Waals surface area (Å²) in [7, 11) is 0. The molecule has 0 amide bonds. The van der Waals surface area contributed by atoms with Gasteiger partial charge in [0, 0.05) is 26.1 Å². The van der Waals surface area contributed by atoms with Gasteiger partial charge in [0.05, 0.1) is 11.1 Å². The van der Waals surface area contributed by atoms with E-state index in [0.29, 0.717) is 60.1 Å². The summed E-state index contributed by atoms with van der Waals surface area (Å²) in [5, 5.41) is 9.51. The summed E-state index contributed by atoms with van der Waals surface area (Å²) >= 11 is 0. The molecule has 0 spiro atoms. The van der Waals surface area contributed by atoms with Crippen LogP contribution in [0.2, 0.25) is 0 Å². The first-order valence-corrected chi connectivity index (χ1v) is 13.6. The zero-order valence-electron chi connectivity index (χ0n) is 22.2. The highest BCUT2D eigenvalue weighted by Crippen LogP contribution is 2.44.